The molecule has 16 heavy (non-hydrogen) atoms. The second kappa shape index (κ2) is 7.17. The predicted molar refractivity (Wildman–Crippen MR) is 67.1 cm³/mol. The van der Waals surface area contributed by atoms with Crippen molar-refractivity contribution in [1.29, 1.82) is 0 Å². The van der Waals surface area contributed by atoms with Gasteiger partial charge in [-0.25, -0.2) is 4.68 Å². The van der Waals surface area contributed by atoms with Crippen molar-refractivity contribution in [3.05, 3.63) is 18.0 Å². The molecule has 0 atom stereocenters. The van der Waals surface area contributed by atoms with Crippen molar-refractivity contribution in [2.45, 2.75) is 46.2 Å². The standard InChI is InChI=1S/C12H22N4/c1-4-9-16-12(10-14-15-16)7-5-6-8-13-11(2)3/h5,7,10-11,13H,4,6,8-9H2,1-3H3/b7-5+. The van der Waals surface area contributed by atoms with E-state index in [9.17, 15) is 0 Å². The van der Waals surface area contributed by atoms with Gasteiger partial charge in [0, 0.05) is 12.6 Å². The predicted octanol–water partition coefficient (Wildman–Crippen LogP) is 2.09. The average molecular weight is 222 g/mol. The molecular weight excluding hydrogens is 200 g/mol. The lowest BCUT2D eigenvalue weighted by Crippen LogP contribution is -2.23. The number of hydrogen-bond donors (Lipinski definition) is 1. The Labute approximate surface area is 97.7 Å². The van der Waals surface area contributed by atoms with Crippen LogP contribution in [0.4, 0.5) is 0 Å². The Morgan fingerprint density at radius 3 is 3.00 bits per heavy atom. The highest BCUT2D eigenvalue weighted by Crippen LogP contribution is 2.01. The van der Waals surface area contributed by atoms with E-state index in [4.69, 9.17) is 0 Å². The number of aromatic nitrogens is 3. The SMILES string of the molecule is CCCn1nncc1/C=C/CCNC(C)C. The van der Waals surface area contributed by atoms with Gasteiger partial charge in [-0.05, 0) is 25.5 Å². The number of hydrogen-bond acceptors (Lipinski definition) is 3. The molecule has 0 aliphatic rings. The molecule has 0 bridgehead atoms. The fourth-order valence-electron chi connectivity index (χ4n) is 1.44. The topological polar surface area (TPSA) is 42.7 Å². The highest BCUT2D eigenvalue weighted by atomic mass is 15.4. The molecule has 0 amide bonds. The third-order valence-electron chi connectivity index (χ3n) is 2.24. The van der Waals surface area contributed by atoms with Crippen LogP contribution in [0, 0.1) is 0 Å². The molecule has 4 heteroatoms. The molecule has 0 saturated heterocycles. The Morgan fingerprint density at radius 2 is 2.31 bits per heavy atom. The van der Waals surface area contributed by atoms with Crippen LogP contribution in [0.5, 0.6) is 0 Å². The molecular formula is C12H22N4. The smallest absolute Gasteiger partial charge is 0.0810 e. The van der Waals surface area contributed by atoms with Crippen LogP contribution in [0.1, 0.15) is 39.3 Å². The molecule has 0 saturated carbocycles. The molecule has 0 radical (unpaired) electrons. The van der Waals surface area contributed by atoms with Crippen LogP contribution in [-0.4, -0.2) is 27.6 Å². The zero-order valence-electron chi connectivity index (χ0n) is 10.5. The van der Waals surface area contributed by atoms with Crippen molar-refractivity contribution < 1.29 is 0 Å². The lowest BCUT2D eigenvalue weighted by molar-refractivity contribution is 0.574. The zero-order chi connectivity index (χ0) is 11.8. The van der Waals surface area contributed by atoms with Gasteiger partial charge < -0.3 is 5.32 Å². The van der Waals surface area contributed by atoms with Crippen LogP contribution in [0.2, 0.25) is 0 Å². The van der Waals surface area contributed by atoms with Crippen molar-refractivity contribution >= 4 is 6.08 Å². The number of aryl methyl sites for hydroxylation is 1. The van der Waals surface area contributed by atoms with Crippen molar-refractivity contribution in [2.24, 2.45) is 0 Å². The van der Waals surface area contributed by atoms with Gasteiger partial charge >= 0.3 is 0 Å². The van der Waals surface area contributed by atoms with Gasteiger partial charge in [0.1, 0.15) is 0 Å². The second-order valence-electron chi connectivity index (χ2n) is 4.18. The Bertz CT molecular complexity index is 315. The first-order valence-corrected chi connectivity index (χ1v) is 6.02. The minimum Gasteiger partial charge on any atom is -0.314 e. The van der Waals surface area contributed by atoms with E-state index in [1.807, 2.05) is 10.9 Å². The van der Waals surface area contributed by atoms with E-state index >= 15 is 0 Å². The molecule has 0 aromatic carbocycles. The first-order chi connectivity index (χ1) is 7.74. The molecule has 90 valence electrons. The first-order valence-electron chi connectivity index (χ1n) is 6.02. The lowest BCUT2D eigenvalue weighted by atomic mass is 10.3. The summed E-state index contributed by atoms with van der Waals surface area (Å²) in [6.07, 6.45) is 8.19. The Balaban J connectivity index is 2.34. The maximum Gasteiger partial charge on any atom is 0.0810 e. The quantitative estimate of drug-likeness (QED) is 0.718. The number of rotatable bonds is 7. The third-order valence-corrected chi connectivity index (χ3v) is 2.24. The van der Waals surface area contributed by atoms with E-state index in [-0.39, 0.29) is 0 Å². The van der Waals surface area contributed by atoms with Crippen LogP contribution in [-0.2, 0) is 6.54 Å². The largest absolute Gasteiger partial charge is 0.314 e. The fraction of sp³-hybridized carbons (Fsp3) is 0.667. The molecule has 4 nitrogen and oxygen atoms in total. The Hall–Kier alpha value is -1.16. The van der Waals surface area contributed by atoms with Gasteiger partial charge in [0.25, 0.3) is 0 Å². The summed E-state index contributed by atoms with van der Waals surface area (Å²) in [6, 6.07) is 0.556. The van der Waals surface area contributed by atoms with Crippen molar-refractivity contribution in [3.63, 3.8) is 0 Å². The van der Waals surface area contributed by atoms with Gasteiger partial charge in [-0.2, -0.15) is 0 Å². The Kier molecular flexibility index (Phi) is 5.78. The summed E-state index contributed by atoms with van der Waals surface area (Å²) in [4.78, 5) is 0. The molecule has 1 aromatic heterocycles. The van der Waals surface area contributed by atoms with Gasteiger partial charge in [0.05, 0.1) is 11.9 Å². The average Bonchev–Trinajstić information content (AvgIpc) is 2.65. The first kappa shape index (κ1) is 12.9. The minimum atomic E-state index is 0.556. The summed E-state index contributed by atoms with van der Waals surface area (Å²) in [6.45, 7) is 8.41. The van der Waals surface area contributed by atoms with Crippen molar-refractivity contribution in [2.75, 3.05) is 6.54 Å². The highest BCUT2D eigenvalue weighted by molar-refractivity contribution is 5.42. The molecule has 0 unspecified atom stereocenters. The summed E-state index contributed by atoms with van der Waals surface area (Å²) in [5.41, 5.74) is 1.09. The summed E-state index contributed by atoms with van der Waals surface area (Å²) in [7, 11) is 0. The fourth-order valence-corrected chi connectivity index (χ4v) is 1.44. The summed E-state index contributed by atoms with van der Waals surface area (Å²) in [5, 5.41) is 11.3. The number of nitrogens with one attached hydrogen (secondary N) is 1. The molecule has 0 aliphatic heterocycles. The van der Waals surface area contributed by atoms with Crippen LogP contribution in [0.25, 0.3) is 6.08 Å². The Morgan fingerprint density at radius 1 is 1.50 bits per heavy atom. The third kappa shape index (κ3) is 4.57. The second-order valence-corrected chi connectivity index (χ2v) is 4.18. The zero-order valence-corrected chi connectivity index (χ0v) is 10.5. The summed E-state index contributed by atoms with van der Waals surface area (Å²) < 4.78 is 1.94. The van der Waals surface area contributed by atoms with E-state index in [0.29, 0.717) is 6.04 Å². The molecule has 0 fully saturated rings. The van der Waals surface area contributed by atoms with E-state index in [0.717, 1.165) is 31.6 Å². The minimum absolute atomic E-state index is 0.556. The molecule has 0 spiro atoms. The number of nitrogens with zero attached hydrogens (tertiary/aromatic N) is 3. The highest BCUT2D eigenvalue weighted by Gasteiger charge is 1.97. The van der Waals surface area contributed by atoms with E-state index in [1.165, 1.54) is 0 Å². The normalized spacial score (nSPS) is 11.8. The van der Waals surface area contributed by atoms with Gasteiger partial charge in [-0.3, -0.25) is 0 Å². The van der Waals surface area contributed by atoms with Crippen LogP contribution in [0.15, 0.2) is 12.3 Å². The monoisotopic (exact) mass is 222 g/mol. The van der Waals surface area contributed by atoms with Gasteiger partial charge in [0.15, 0.2) is 0 Å². The van der Waals surface area contributed by atoms with Gasteiger partial charge in [-0.15, -0.1) is 5.10 Å². The molecule has 1 aromatic rings. The maximum atomic E-state index is 4.03. The molecule has 0 aliphatic carbocycles. The lowest BCUT2D eigenvalue weighted by Gasteiger charge is -2.04. The summed E-state index contributed by atoms with van der Waals surface area (Å²) in [5.74, 6) is 0. The van der Waals surface area contributed by atoms with Gasteiger partial charge in [0.2, 0.25) is 0 Å². The molecule has 1 N–H and O–H groups in total. The van der Waals surface area contributed by atoms with Crippen LogP contribution < -0.4 is 5.32 Å². The maximum absolute atomic E-state index is 4.03. The molecule has 1 rings (SSSR count). The van der Waals surface area contributed by atoms with Crippen molar-refractivity contribution in [3.8, 4) is 0 Å². The van der Waals surface area contributed by atoms with E-state index < -0.39 is 0 Å². The van der Waals surface area contributed by atoms with Crippen molar-refractivity contribution in [1.82, 2.24) is 20.3 Å². The van der Waals surface area contributed by atoms with Crippen LogP contribution >= 0.6 is 0 Å². The van der Waals surface area contributed by atoms with E-state index in [1.54, 1.807) is 0 Å². The summed E-state index contributed by atoms with van der Waals surface area (Å²) >= 11 is 0. The van der Waals surface area contributed by atoms with Crippen LogP contribution in [0.3, 0.4) is 0 Å². The van der Waals surface area contributed by atoms with E-state index in [2.05, 4.69) is 48.6 Å². The molecule has 1 heterocycles. The van der Waals surface area contributed by atoms with Gasteiger partial charge in [-0.1, -0.05) is 32.1 Å².